The number of benzene rings is 2. The molecule has 9 N–H and O–H groups in total. The van der Waals surface area contributed by atoms with Crippen LogP contribution >= 0.6 is 0 Å². The lowest BCUT2D eigenvalue weighted by atomic mass is 9.97. The Hall–Kier alpha value is -2.43. The van der Waals surface area contributed by atoms with Gasteiger partial charge in [-0.3, -0.25) is 4.79 Å². The van der Waals surface area contributed by atoms with Crippen LogP contribution < -0.4 is 4.74 Å². The zero-order chi connectivity index (χ0) is 28.5. The van der Waals surface area contributed by atoms with Crippen molar-refractivity contribution in [2.75, 3.05) is 6.61 Å². The Bertz CT molecular complexity index is 1110. The minimum atomic E-state index is -1.59. The van der Waals surface area contributed by atoms with Gasteiger partial charge in [-0.25, -0.2) is 0 Å². The van der Waals surface area contributed by atoms with Gasteiger partial charge in [0, 0.05) is 0 Å². The van der Waals surface area contributed by atoms with E-state index in [9.17, 15) is 30.3 Å². The minimum Gasteiger partial charge on any atom is -0.506 e. The smallest absolute Gasteiger partial charge is 0.229 e. The summed E-state index contributed by atoms with van der Waals surface area (Å²) in [4.78, 5) is 11.9. The summed E-state index contributed by atoms with van der Waals surface area (Å²) in [6.45, 7) is 3.97. The molecule has 10 atom stereocenters. The van der Waals surface area contributed by atoms with Crippen molar-refractivity contribution in [1.29, 1.82) is 0 Å². The molecule has 2 aromatic rings. The summed E-state index contributed by atoms with van der Waals surface area (Å²) in [5.74, 6) is -0.441. The first-order chi connectivity index (χ1) is 17.8. The second kappa shape index (κ2) is 12.2. The molecule has 0 aliphatic carbocycles. The Kier molecular flexibility index (Phi) is 9.65. The molecule has 0 saturated carbocycles. The fourth-order valence-corrected chi connectivity index (χ4v) is 4.40. The molecule has 2 saturated heterocycles. The third kappa shape index (κ3) is 5.92. The summed E-state index contributed by atoms with van der Waals surface area (Å²) in [6, 6.07) is 6.63. The lowest BCUT2D eigenvalue weighted by Gasteiger charge is -2.39. The molecule has 38 heavy (non-hydrogen) atoms. The van der Waals surface area contributed by atoms with E-state index in [1.54, 1.807) is 25.1 Å². The predicted octanol–water partition coefficient (Wildman–Crippen LogP) is -1.96. The number of fused-ring (bicyclic) bond motifs is 1. The Morgan fingerprint density at radius 3 is 2.16 bits per heavy atom. The van der Waals surface area contributed by atoms with Gasteiger partial charge in [0.15, 0.2) is 12.1 Å². The van der Waals surface area contributed by atoms with Gasteiger partial charge in [-0.05, 0) is 37.8 Å². The van der Waals surface area contributed by atoms with Gasteiger partial charge in [-0.15, -0.1) is 0 Å². The van der Waals surface area contributed by atoms with Crippen molar-refractivity contribution >= 4 is 16.6 Å². The lowest BCUT2D eigenvalue weighted by molar-refractivity contribution is -0.277. The molecule has 0 spiro atoms. The highest BCUT2D eigenvalue weighted by atomic mass is 16.7. The number of aliphatic hydroxyl groups excluding tert-OH is 8. The van der Waals surface area contributed by atoms with Crippen LogP contribution in [0, 0.1) is 6.92 Å². The second-order valence-electron chi connectivity index (χ2n) is 9.35. The highest BCUT2D eigenvalue weighted by Crippen LogP contribution is 2.39. The van der Waals surface area contributed by atoms with E-state index in [0.29, 0.717) is 10.9 Å². The first-order valence-electron chi connectivity index (χ1n) is 11.9. The van der Waals surface area contributed by atoms with Crippen LogP contribution in [-0.4, -0.2) is 120 Å². The fourth-order valence-electron chi connectivity index (χ4n) is 4.40. The van der Waals surface area contributed by atoms with Crippen LogP contribution in [0.15, 0.2) is 24.3 Å². The van der Waals surface area contributed by atoms with Gasteiger partial charge in [-0.1, -0.05) is 18.2 Å². The summed E-state index contributed by atoms with van der Waals surface area (Å²) < 4.78 is 15.7. The standard InChI is InChI=1S/C19H22O8.C6H12O5/c1-8-6-10-4-3-5-11(14(10)16(23)13(8)9(2)21)26-19-18(25)17(24)15(22)12(7-20)27-19;1-2-3(7)4(8)5(9)6(10)11-2/h3-6,12,15,17-20,22-25H,7H2,1-2H3;2-10H,1H3. The maximum atomic E-state index is 11.9. The number of phenols is 1. The second-order valence-corrected chi connectivity index (χ2v) is 9.35. The number of Topliss-reactive ketones (excluding diaryl/α,β-unsaturated/α-hetero) is 1. The van der Waals surface area contributed by atoms with Crippen molar-refractivity contribution in [2.45, 2.75) is 82.2 Å². The third-order valence-electron chi connectivity index (χ3n) is 6.57. The Balaban J connectivity index is 0.000000304. The van der Waals surface area contributed by atoms with Crippen LogP contribution in [0.1, 0.15) is 29.8 Å². The molecule has 13 heteroatoms. The highest BCUT2D eigenvalue weighted by molar-refractivity contribution is 6.06. The number of ether oxygens (including phenoxy) is 3. The lowest BCUT2D eigenvalue weighted by Crippen LogP contribution is -2.60. The van der Waals surface area contributed by atoms with Crippen molar-refractivity contribution < 1.29 is 65.0 Å². The van der Waals surface area contributed by atoms with E-state index >= 15 is 0 Å². The molecule has 2 fully saturated rings. The molecule has 2 aliphatic rings. The van der Waals surface area contributed by atoms with Gasteiger partial charge in [0.25, 0.3) is 0 Å². The Labute approximate surface area is 217 Å². The number of aliphatic hydroxyl groups is 8. The molecule has 212 valence electrons. The molecule has 0 radical (unpaired) electrons. The van der Waals surface area contributed by atoms with Crippen LogP contribution in [0.3, 0.4) is 0 Å². The number of hydrogen-bond acceptors (Lipinski definition) is 13. The molecular formula is C25H34O13. The summed E-state index contributed by atoms with van der Waals surface area (Å²) in [7, 11) is 0. The summed E-state index contributed by atoms with van der Waals surface area (Å²) in [6.07, 6.45) is -13.2. The van der Waals surface area contributed by atoms with Crippen molar-refractivity contribution in [2.24, 2.45) is 0 Å². The number of aromatic hydroxyl groups is 1. The quantitative estimate of drug-likeness (QED) is 0.192. The van der Waals surface area contributed by atoms with E-state index in [1.807, 2.05) is 0 Å². The van der Waals surface area contributed by atoms with Crippen LogP contribution in [-0.2, 0) is 9.47 Å². The van der Waals surface area contributed by atoms with Gasteiger partial charge in [-0.2, -0.15) is 0 Å². The van der Waals surface area contributed by atoms with Crippen LogP contribution in [0.4, 0.5) is 0 Å². The Morgan fingerprint density at radius 2 is 1.55 bits per heavy atom. The molecule has 13 nitrogen and oxygen atoms in total. The largest absolute Gasteiger partial charge is 0.506 e. The molecular weight excluding hydrogens is 508 g/mol. The van der Waals surface area contributed by atoms with E-state index in [0.717, 1.165) is 0 Å². The predicted molar refractivity (Wildman–Crippen MR) is 129 cm³/mol. The van der Waals surface area contributed by atoms with Crippen molar-refractivity contribution in [3.8, 4) is 11.5 Å². The van der Waals surface area contributed by atoms with Crippen molar-refractivity contribution in [3.63, 3.8) is 0 Å². The molecule has 2 heterocycles. The first-order valence-corrected chi connectivity index (χ1v) is 11.9. The maximum Gasteiger partial charge on any atom is 0.229 e. The fraction of sp³-hybridized carbons (Fsp3) is 0.560. The van der Waals surface area contributed by atoms with E-state index in [2.05, 4.69) is 4.74 Å². The van der Waals surface area contributed by atoms with E-state index in [1.165, 1.54) is 19.9 Å². The van der Waals surface area contributed by atoms with E-state index in [-0.39, 0.29) is 28.2 Å². The van der Waals surface area contributed by atoms with Gasteiger partial charge in [0.1, 0.15) is 54.2 Å². The van der Waals surface area contributed by atoms with Gasteiger partial charge >= 0.3 is 0 Å². The zero-order valence-electron chi connectivity index (χ0n) is 20.9. The number of hydrogen-bond donors (Lipinski definition) is 9. The van der Waals surface area contributed by atoms with E-state index < -0.39 is 68.0 Å². The zero-order valence-corrected chi connectivity index (χ0v) is 20.9. The van der Waals surface area contributed by atoms with Crippen LogP contribution in [0.25, 0.3) is 10.8 Å². The van der Waals surface area contributed by atoms with Crippen LogP contribution in [0.2, 0.25) is 0 Å². The van der Waals surface area contributed by atoms with E-state index in [4.69, 9.17) is 29.9 Å². The molecule has 4 rings (SSSR count). The van der Waals surface area contributed by atoms with Crippen LogP contribution in [0.5, 0.6) is 11.5 Å². The number of ketones is 1. The SMILES string of the molecule is CC(=O)c1c(C)cc2cccc(OC3OC(CO)C(O)C(O)C3O)c2c1O.CC1OC(O)C(O)C(O)C1O. The molecule has 0 amide bonds. The number of aryl methyl sites for hydroxylation is 1. The average molecular weight is 543 g/mol. The van der Waals surface area contributed by atoms with Crippen molar-refractivity contribution in [1.82, 2.24) is 0 Å². The van der Waals surface area contributed by atoms with Gasteiger partial charge < -0.3 is 60.2 Å². The molecule has 2 aliphatic heterocycles. The highest BCUT2D eigenvalue weighted by Gasteiger charge is 2.45. The number of rotatable bonds is 4. The minimum absolute atomic E-state index is 0.122. The number of phenolic OH excluding ortho intramolecular Hbond substituents is 1. The van der Waals surface area contributed by atoms with Gasteiger partial charge in [0.2, 0.25) is 6.29 Å². The first kappa shape index (κ1) is 30.1. The topological polar surface area (TPSA) is 227 Å². The number of carbonyl (C=O) groups excluding carboxylic acids is 1. The molecule has 0 bridgehead atoms. The monoisotopic (exact) mass is 542 g/mol. The van der Waals surface area contributed by atoms with Crippen molar-refractivity contribution in [3.05, 3.63) is 35.4 Å². The maximum absolute atomic E-state index is 11.9. The average Bonchev–Trinajstić information content (AvgIpc) is 2.86. The third-order valence-corrected chi connectivity index (χ3v) is 6.57. The molecule has 2 aromatic carbocycles. The number of carbonyl (C=O) groups is 1. The van der Waals surface area contributed by atoms with Gasteiger partial charge in [0.05, 0.1) is 23.7 Å². The normalized spacial score (nSPS) is 35.3. The summed E-state index contributed by atoms with van der Waals surface area (Å²) in [5.41, 5.74) is 0.768. The summed E-state index contributed by atoms with van der Waals surface area (Å²) >= 11 is 0. The molecule has 0 aromatic heterocycles. The molecule has 10 unspecified atom stereocenters. The Morgan fingerprint density at radius 1 is 0.921 bits per heavy atom. The summed E-state index contributed by atoms with van der Waals surface area (Å²) in [5, 5.41) is 86.7.